The van der Waals surface area contributed by atoms with Gasteiger partial charge in [-0.25, -0.2) is 9.37 Å². The molecule has 1 fully saturated rings. The van der Waals surface area contributed by atoms with Crippen molar-refractivity contribution >= 4 is 17.3 Å². The van der Waals surface area contributed by atoms with Gasteiger partial charge in [-0.2, -0.15) is 5.26 Å². The number of halogens is 1. The zero-order valence-corrected chi connectivity index (χ0v) is 13.8. The molecule has 1 saturated carbocycles. The molecule has 0 saturated heterocycles. The summed E-state index contributed by atoms with van der Waals surface area (Å²) >= 11 is 0. The van der Waals surface area contributed by atoms with Crippen molar-refractivity contribution in [3.63, 3.8) is 0 Å². The third kappa shape index (κ3) is 2.19. The van der Waals surface area contributed by atoms with E-state index in [2.05, 4.69) is 16.4 Å². The van der Waals surface area contributed by atoms with E-state index >= 15 is 0 Å². The lowest BCUT2D eigenvalue weighted by molar-refractivity contribution is 0.101. The van der Waals surface area contributed by atoms with Gasteiger partial charge in [0.15, 0.2) is 5.78 Å². The number of hydrogen-bond donors (Lipinski definition) is 2. The van der Waals surface area contributed by atoms with Crippen LogP contribution in [0.4, 0.5) is 15.9 Å². The molecule has 25 heavy (non-hydrogen) atoms. The van der Waals surface area contributed by atoms with Crippen molar-refractivity contribution in [1.29, 1.82) is 5.26 Å². The number of Topliss-reactive ketones (excluding diaryl/α,β-unsaturated/α-hetero) is 1. The van der Waals surface area contributed by atoms with Crippen molar-refractivity contribution in [3.05, 3.63) is 41.3 Å². The number of benzene rings is 1. The molecule has 0 unspecified atom stereocenters. The molecule has 4 rings (SSSR count). The lowest BCUT2D eigenvalue weighted by Gasteiger charge is -2.41. The largest absolute Gasteiger partial charge is 0.398 e. The zero-order valence-electron chi connectivity index (χ0n) is 13.8. The topological polar surface area (TPSA) is 91.8 Å². The van der Waals surface area contributed by atoms with Crippen LogP contribution in [0.2, 0.25) is 0 Å². The molecular weight excluding hydrogens is 319 g/mol. The summed E-state index contributed by atoms with van der Waals surface area (Å²) in [5, 5.41) is 12.4. The number of nitrogens with one attached hydrogen (secondary N) is 1. The van der Waals surface area contributed by atoms with Crippen LogP contribution in [-0.4, -0.2) is 17.3 Å². The first-order chi connectivity index (χ1) is 11.9. The molecule has 1 aliphatic carbocycles. The molecule has 5 nitrogen and oxygen atoms in total. The summed E-state index contributed by atoms with van der Waals surface area (Å²) in [6.07, 6.45) is 3.18. The molecule has 1 spiro atoms. The van der Waals surface area contributed by atoms with Gasteiger partial charge >= 0.3 is 0 Å². The number of ketones is 1. The monoisotopic (exact) mass is 336 g/mol. The van der Waals surface area contributed by atoms with E-state index in [1.165, 1.54) is 6.92 Å². The third-order valence-electron chi connectivity index (χ3n) is 5.35. The number of nitrogen functional groups attached to an aromatic ring is 1. The van der Waals surface area contributed by atoms with Crippen molar-refractivity contribution in [2.45, 2.75) is 25.2 Å². The molecular formula is C19H17FN4O. The van der Waals surface area contributed by atoms with Crippen LogP contribution in [-0.2, 0) is 5.41 Å². The quantitative estimate of drug-likeness (QED) is 0.649. The van der Waals surface area contributed by atoms with Crippen LogP contribution in [0.15, 0.2) is 24.4 Å². The van der Waals surface area contributed by atoms with Crippen molar-refractivity contribution in [3.8, 4) is 17.2 Å². The van der Waals surface area contributed by atoms with Crippen molar-refractivity contribution in [2.24, 2.45) is 5.92 Å². The highest BCUT2D eigenvalue weighted by molar-refractivity contribution is 6.00. The molecule has 2 aliphatic rings. The molecule has 1 aromatic heterocycles. The third-order valence-corrected chi connectivity index (χ3v) is 5.35. The average Bonchev–Trinajstić information content (AvgIpc) is 2.92. The fourth-order valence-corrected chi connectivity index (χ4v) is 4.02. The SMILES string of the molecule is CC(=O)c1c(N)ccc(-c2cnc3c(c2)C2(CN3)CC(C#N)C2)c1F. The van der Waals surface area contributed by atoms with Gasteiger partial charge in [0.2, 0.25) is 0 Å². The van der Waals surface area contributed by atoms with E-state index in [4.69, 9.17) is 11.0 Å². The van der Waals surface area contributed by atoms with E-state index in [9.17, 15) is 9.18 Å². The Kier molecular flexibility index (Phi) is 3.29. The number of nitrogens with two attached hydrogens (primary N) is 1. The Balaban J connectivity index is 1.80. The summed E-state index contributed by atoms with van der Waals surface area (Å²) in [7, 11) is 0. The van der Waals surface area contributed by atoms with Crippen LogP contribution in [0, 0.1) is 23.1 Å². The molecule has 0 bridgehead atoms. The van der Waals surface area contributed by atoms with Crippen molar-refractivity contribution in [1.82, 2.24) is 4.98 Å². The lowest BCUT2D eigenvalue weighted by atomic mass is 9.60. The number of pyridine rings is 1. The van der Waals surface area contributed by atoms with Crippen molar-refractivity contribution < 1.29 is 9.18 Å². The van der Waals surface area contributed by atoms with Gasteiger partial charge in [0.25, 0.3) is 0 Å². The van der Waals surface area contributed by atoms with Gasteiger partial charge in [0.05, 0.1) is 11.6 Å². The fourth-order valence-electron chi connectivity index (χ4n) is 4.02. The Labute approximate surface area is 144 Å². The van der Waals surface area contributed by atoms with Gasteiger partial charge in [-0.15, -0.1) is 0 Å². The summed E-state index contributed by atoms with van der Waals surface area (Å²) in [4.78, 5) is 16.1. The van der Waals surface area contributed by atoms with Gasteiger partial charge in [0.1, 0.15) is 11.6 Å². The minimum Gasteiger partial charge on any atom is -0.398 e. The average molecular weight is 336 g/mol. The van der Waals surface area contributed by atoms with Gasteiger partial charge in [-0.05, 0) is 38.0 Å². The van der Waals surface area contributed by atoms with Crippen molar-refractivity contribution in [2.75, 3.05) is 17.6 Å². The standard InChI is InChI=1S/C19H17FN4O/c1-10(25)16-15(22)3-2-13(17(16)20)12-4-14-18(23-8-12)24-9-19(14)5-11(6-19)7-21/h2-4,8,11H,5-6,9,22H2,1H3,(H,23,24). The summed E-state index contributed by atoms with van der Waals surface area (Å²) in [6.45, 7) is 2.05. The normalized spacial score (nSPS) is 23.5. The summed E-state index contributed by atoms with van der Waals surface area (Å²) in [5.74, 6) is -0.158. The second-order valence-electron chi connectivity index (χ2n) is 6.94. The molecule has 0 amide bonds. The van der Waals surface area contributed by atoms with Crippen LogP contribution in [0.1, 0.15) is 35.7 Å². The Bertz CT molecular complexity index is 941. The van der Waals surface area contributed by atoms with E-state index in [-0.39, 0.29) is 22.6 Å². The summed E-state index contributed by atoms with van der Waals surface area (Å²) in [6, 6.07) is 7.36. The lowest BCUT2D eigenvalue weighted by Crippen LogP contribution is -2.42. The Morgan fingerprint density at radius 1 is 1.48 bits per heavy atom. The number of nitriles is 1. The molecule has 3 N–H and O–H groups in total. The smallest absolute Gasteiger partial charge is 0.164 e. The van der Waals surface area contributed by atoms with Crippen LogP contribution >= 0.6 is 0 Å². The summed E-state index contributed by atoms with van der Waals surface area (Å²) in [5.41, 5.74) is 7.66. The van der Waals surface area contributed by atoms with Gasteiger partial charge in [0, 0.05) is 46.5 Å². The second-order valence-corrected chi connectivity index (χ2v) is 6.94. The highest BCUT2D eigenvalue weighted by atomic mass is 19.1. The van der Waals surface area contributed by atoms with Crippen LogP contribution in [0.25, 0.3) is 11.1 Å². The first-order valence-electron chi connectivity index (χ1n) is 8.18. The molecule has 1 aromatic carbocycles. The van der Waals surface area contributed by atoms with Crippen LogP contribution in [0.5, 0.6) is 0 Å². The molecule has 2 aromatic rings. The molecule has 126 valence electrons. The first-order valence-corrected chi connectivity index (χ1v) is 8.18. The number of anilines is 2. The minimum absolute atomic E-state index is 0.0639. The summed E-state index contributed by atoms with van der Waals surface area (Å²) < 4.78 is 14.8. The fraction of sp³-hybridized carbons (Fsp3) is 0.316. The second kappa shape index (κ2) is 5.28. The van der Waals surface area contributed by atoms with Gasteiger partial charge in [-0.1, -0.05) is 0 Å². The molecule has 1 aliphatic heterocycles. The maximum atomic E-state index is 14.8. The Hall–Kier alpha value is -2.94. The Morgan fingerprint density at radius 3 is 2.92 bits per heavy atom. The first kappa shape index (κ1) is 15.6. The molecule has 2 heterocycles. The number of hydrogen-bond acceptors (Lipinski definition) is 5. The van der Waals surface area contributed by atoms with Crippen LogP contribution in [0.3, 0.4) is 0 Å². The highest BCUT2D eigenvalue weighted by Crippen LogP contribution is 2.53. The van der Waals surface area contributed by atoms with E-state index in [0.717, 1.165) is 30.8 Å². The number of nitrogens with zero attached hydrogens (tertiary/aromatic N) is 2. The van der Waals surface area contributed by atoms with Gasteiger partial charge in [-0.3, -0.25) is 4.79 Å². The number of carbonyl (C=O) groups is 1. The zero-order chi connectivity index (χ0) is 17.8. The van der Waals surface area contributed by atoms with E-state index in [1.807, 2.05) is 6.07 Å². The molecule has 0 atom stereocenters. The number of rotatable bonds is 2. The van der Waals surface area contributed by atoms with E-state index in [0.29, 0.717) is 11.1 Å². The van der Waals surface area contributed by atoms with Gasteiger partial charge < -0.3 is 11.1 Å². The van der Waals surface area contributed by atoms with Crippen LogP contribution < -0.4 is 11.1 Å². The van der Waals surface area contributed by atoms with E-state index in [1.54, 1.807) is 18.3 Å². The molecule has 0 radical (unpaired) electrons. The molecule has 6 heteroatoms. The highest BCUT2D eigenvalue weighted by Gasteiger charge is 2.50. The minimum atomic E-state index is -0.613. The predicted octanol–water partition coefficient (Wildman–Crippen LogP) is 3.27. The maximum absolute atomic E-state index is 14.8. The predicted molar refractivity (Wildman–Crippen MR) is 92.6 cm³/mol. The Morgan fingerprint density at radius 2 is 2.24 bits per heavy atom. The maximum Gasteiger partial charge on any atom is 0.164 e. The number of carbonyl (C=O) groups excluding carboxylic acids is 1. The number of aromatic nitrogens is 1. The number of fused-ring (bicyclic) bond motifs is 2. The van der Waals surface area contributed by atoms with E-state index < -0.39 is 11.6 Å².